The average Bonchev–Trinajstić information content (AvgIpc) is 3.01. The third-order valence-electron chi connectivity index (χ3n) is 3.97. The van der Waals surface area contributed by atoms with Gasteiger partial charge < -0.3 is 5.11 Å². The quantitative estimate of drug-likeness (QED) is 0.621. The summed E-state index contributed by atoms with van der Waals surface area (Å²) in [7, 11) is 0. The summed E-state index contributed by atoms with van der Waals surface area (Å²) in [4.78, 5) is 8.39. The lowest BCUT2D eigenvalue weighted by Gasteiger charge is -2.04. The molecule has 5 heteroatoms. The van der Waals surface area contributed by atoms with Crippen LogP contribution in [0.4, 0.5) is 0 Å². The summed E-state index contributed by atoms with van der Waals surface area (Å²) in [5.74, 6) is 0.408. The van der Waals surface area contributed by atoms with E-state index in [1.807, 2.05) is 60.7 Å². The molecule has 0 aliphatic heterocycles. The predicted molar refractivity (Wildman–Crippen MR) is 95.5 cm³/mol. The predicted octanol–water partition coefficient (Wildman–Crippen LogP) is 3.63. The number of benzene rings is 2. The van der Waals surface area contributed by atoms with Crippen molar-refractivity contribution in [2.45, 2.75) is 6.42 Å². The van der Waals surface area contributed by atoms with Gasteiger partial charge in [0.05, 0.1) is 0 Å². The van der Waals surface area contributed by atoms with E-state index in [1.54, 1.807) is 18.5 Å². The van der Waals surface area contributed by atoms with Crippen LogP contribution in [0.1, 0.15) is 11.1 Å². The summed E-state index contributed by atoms with van der Waals surface area (Å²) in [6.45, 7) is 0. The molecule has 1 N–H and O–H groups in total. The highest BCUT2D eigenvalue weighted by molar-refractivity contribution is 5.66. The van der Waals surface area contributed by atoms with Crippen LogP contribution in [0.25, 0.3) is 17.2 Å². The van der Waals surface area contributed by atoms with Gasteiger partial charge in [-0.3, -0.25) is 0 Å². The Morgan fingerprint density at radius 1 is 0.800 bits per heavy atom. The van der Waals surface area contributed by atoms with Crippen LogP contribution >= 0.6 is 0 Å². The first-order valence-corrected chi connectivity index (χ1v) is 8.00. The molecule has 4 rings (SSSR count). The number of aromatic nitrogens is 4. The molecule has 2 aromatic heterocycles. The molecule has 0 saturated heterocycles. The van der Waals surface area contributed by atoms with Gasteiger partial charge in [0.25, 0.3) is 5.95 Å². The number of rotatable bonds is 4. The van der Waals surface area contributed by atoms with E-state index in [0.717, 1.165) is 22.4 Å². The third-order valence-corrected chi connectivity index (χ3v) is 3.97. The highest BCUT2D eigenvalue weighted by Gasteiger charge is 2.21. The Morgan fingerprint density at radius 2 is 1.44 bits per heavy atom. The summed E-state index contributed by atoms with van der Waals surface area (Å²) >= 11 is 0. The Hall–Kier alpha value is -3.47. The van der Waals surface area contributed by atoms with Gasteiger partial charge in [0, 0.05) is 29.9 Å². The highest BCUT2D eigenvalue weighted by atomic mass is 16.3. The molecule has 25 heavy (non-hydrogen) atoms. The van der Waals surface area contributed by atoms with E-state index in [9.17, 15) is 5.11 Å². The first-order chi connectivity index (χ1) is 12.3. The van der Waals surface area contributed by atoms with Crippen LogP contribution in [0.2, 0.25) is 0 Å². The number of hydrogen-bond acceptors (Lipinski definition) is 4. The fourth-order valence-corrected chi connectivity index (χ4v) is 2.77. The molecule has 2 aromatic carbocycles. The molecule has 0 bridgehead atoms. The van der Waals surface area contributed by atoms with Crippen LogP contribution in [-0.2, 0) is 6.42 Å². The van der Waals surface area contributed by atoms with Crippen LogP contribution in [0.15, 0.2) is 79.1 Å². The lowest BCUT2D eigenvalue weighted by Crippen LogP contribution is -2.01. The Bertz CT molecular complexity index is 967. The molecule has 0 atom stereocenters. The maximum atomic E-state index is 10.8. The minimum absolute atomic E-state index is 0.0638. The van der Waals surface area contributed by atoms with Crippen molar-refractivity contribution in [1.29, 1.82) is 0 Å². The summed E-state index contributed by atoms with van der Waals surface area (Å²) in [5.41, 5.74) is 3.53. The van der Waals surface area contributed by atoms with Gasteiger partial charge in [0.1, 0.15) is 5.69 Å². The van der Waals surface area contributed by atoms with E-state index in [4.69, 9.17) is 0 Å². The molecule has 0 unspecified atom stereocenters. The van der Waals surface area contributed by atoms with E-state index < -0.39 is 0 Å². The van der Waals surface area contributed by atoms with E-state index in [1.165, 1.54) is 4.68 Å². The fraction of sp³-hybridized carbons (Fsp3) is 0.0500. The van der Waals surface area contributed by atoms with Gasteiger partial charge in [-0.25, -0.2) is 9.97 Å². The van der Waals surface area contributed by atoms with Gasteiger partial charge in [0.2, 0.25) is 5.88 Å². The van der Waals surface area contributed by atoms with Crippen molar-refractivity contribution in [1.82, 2.24) is 19.7 Å². The van der Waals surface area contributed by atoms with Crippen LogP contribution in [0, 0.1) is 0 Å². The molecule has 5 nitrogen and oxygen atoms in total. The second-order valence-corrected chi connectivity index (χ2v) is 5.64. The van der Waals surface area contributed by atoms with Crippen LogP contribution in [-0.4, -0.2) is 24.9 Å². The van der Waals surface area contributed by atoms with Gasteiger partial charge in [-0.05, 0) is 11.6 Å². The Morgan fingerprint density at radius 3 is 2.12 bits per heavy atom. The SMILES string of the molecule is Oc1c(Cc2ccccc2)c(-c2ccccc2)nn1-c1ncccn1. The Balaban J connectivity index is 1.87. The molecule has 0 fully saturated rings. The van der Waals surface area contributed by atoms with Crippen molar-refractivity contribution < 1.29 is 5.11 Å². The minimum atomic E-state index is 0.0638. The standard InChI is InChI=1S/C20H16N4O/c25-19-17(14-15-8-3-1-4-9-15)18(16-10-5-2-6-11-16)23-24(19)20-21-12-7-13-22-20/h1-13,25H,14H2. The Labute approximate surface area is 145 Å². The van der Waals surface area contributed by atoms with Gasteiger partial charge >= 0.3 is 0 Å². The van der Waals surface area contributed by atoms with E-state index in [0.29, 0.717) is 12.4 Å². The zero-order valence-electron chi connectivity index (χ0n) is 13.4. The zero-order chi connectivity index (χ0) is 17.1. The van der Waals surface area contributed by atoms with Gasteiger partial charge in [0.15, 0.2) is 0 Å². The zero-order valence-corrected chi connectivity index (χ0v) is 13.4. The Kier molecular flexibility index (Phi) is 3.96. The van der Waals surface area contributed by atoms with Gasteiger partial charge in [-0.2, -0.15) is 9.78 Å². The summed E-state index contributed by atoms with van der Waals surface area (Å²) in [5, 5.41) is 15.4. The number of nitrogens with zero attached hydrogens (tertiary/aromatic N) is 4. The normalized spacial score (nSPS) is 10.7. The smallest absolute Gasteiger partial charge is 0.253 e. The molecule has 122 valence electrons. The van der Waals surface area contributed by atoms with Crippen molar-refractivity contribution in [3.63, 3.8) is 0 Å². The maximum Gasteiger partial charge on any atom is 0.253 e. The van der Waals surface area contributed by atoms with Crippen molar-refractivity contribution in [3.8, 4) is 23.1 Å². The van der Waals surface area contributed by atoms with Crippen LogP contribution in [0.3, 0.4) is 0 Å². The minimum Gasteiger partial charge on any atom is -0.493 e. The average molecular weight is 328 g/mol. The topological polar surface area (TPSA) is 63.8 Å². The molecule has 0 spiro atoms. The highest BCUT2D eigenvalue weighted by Crippen LogP contribution is 2.32. The van der Waals surface area contributed by atoms with Gasteiger partial charge in [-0.1, -0.05) is 60.7 Å². The molecule has 0 radical (unpaired) electrons. The molecular formula is C20H16N4O. The monoisotopic (exact) mass is 328 g/mol. The van der Waals surface area contributed by atoms with Crippen molar-refractivity contribution in [3.05, 3.63) is 90.3 Å². The fourth-order valence-electron chi connectivity index (χ4n) is 2.77. The maximum absolute atomic E-state index is 10.8. The molecule has 0 aliphatic carbocycles. The van der Waals surface area contributed by atoms with E-state index >= 15 is 0 Å². The molecule has 0 amide bonds. The summed E-state index contributed by atoms with van der Waals surface area (Å²) in [6.07, 6.45) is 3.83. The lowest BCUT2D eigenvalue weighted by atomic mass is 10.0. The largest absolute Gasteiger partial charge is 0.493 e. The van der Waals surface area contributed by atoms with Crippen LogP contribution in [0.5, 0.6) is 5.88 Å². The van der Waals surface area contributed by atoms with Crippen molar-refractivity contribution in [2.24, 2.45) is 0 Å². The molecule has 0 aliphatic rings. The first-order valence-electron chi connectivity index (χ1n) is 8.00. The first kappa shape index (κ1) is 15.1. The van der Waals surface area contributed by atoms with Crippen molar-refractivity contribution in [2.75, 3.05) is 0 Å². The molecule has 2 heterocycles. The summed E-state index contributed by atoms with van der Waals surface area (Å²) in [6, 6.07) is 21.6. The second kappa shape index (κ2) is 6.57. The van der Waals surface area contributed by atoms with Crippen molar-refractivity contribution >= 4 is 0 Å². The third kappa shape index (κ3) is 2.99. The van der Waals surface area contributed by atoms with Gasteiger partial charge in [-0.15, -0.1) is 0 Å². The number of hydrogen-bond donors (Lipinski definition) is 1. The molecule has 4 aromatic rings. The number of aromatic hydroxyl groups is 1. The van der Waals surface area contributed by atoms with E-state index in [-0.39, 0.29) is 5.88 Å². The van der Waals surface area contributed by atoms with E-state index in [2.05, 4.69) is 15.1 Å². The summed E-state index contributed by atoms with van der Waals surface area (Å²) < 4.78 is 1.39. The molecular weight excluding hydrogens is 312 g/mol. The lowest BCUT2D eigenvalue weighted by molar-refractivity contribution is 0.425. The second-order valence-electron chi connectivity index (χ2n) is 5.64. The van der Waals surface area contributed by atoms with Crippen LogP contribution < -0.4 is 0 Å². The molecule has 0 saturated carbocycles.